The topological polar surface area (TPSA) is 138 Å². The minimum Gasteiger partial charge on any atom is -0.497 e. The van der Waals surface area contributed by atoms with Crippen LogP contribution >= 0.6 is 0 Å². The molecule has 2 aliphatic rings. The Morgan fingerprint density at radius 1 is 1.09 bits per heavy atom. The molecule has 0 aliphatic carbocycles. The van der Waals surface area contributed by atoms with Crippen molar-refractivity contribution in [3.05, 3.63) is 101 Å². The summed E-state index contributed by atoms with van der Waals surface area (Å²) in [5, 5.41) is 13.5. The van der Waals surface area contributed by atoms with Gasteiger partial charge >= 0.3 is 0 Å². The number of carbonyl (C=O) groups excluding carboxylic acids is 1. The highest BCUT2D eigenvalue weighted by molar-refractivity contribution is 7.93. The number of fused-ring (bicyclic) bond motifs is 1. The van der Waals surface area contributed by atoms with Gasteiger partial charge in [0.2, 0.25) is 5.89 Å². The first-order valence-corrected chi connectivity index (χ1v) is 16.9. The van der Waals surface area contributed by atoms with Gasteiger partial charge in [-0.05, 0) is 85.5 Å². The predicted molar refractivity (Wildman–Crippen MR) is 174 cm³/mol. The first-order chi connectivity index (χ1) is 22.7. The van der Waals surface area contributed by atoms with Gasteiger partial charge in [-0.1, -0.05) is 19.9 Å². The van der Waals surface area contributed by atoms with E-state index in [0.29, 0.717) is 60.4 Å². The Balaban J connectivity index is 1.64. The number of nitriles is 1. The lowest BCUT2D eigenvalue weighted by Gasteiger charge is -2.41. The quantitative estimate of drug-likeness (QED) is 0.232. The molecule has 2 unspecified atom stereocenters. The molecule has 1 N–H and O–H groups in total. The molecule has 3 heterocycles. The fourth-order valence-electron chi connectivity index (χ4n) is 6.71. The number of anilines is 1. The third-order valence-corrected chi connectivity index (χ3v) is 10.5. The van der Waals surface area contributed by atoms with Crippen molar-refractivity contribution in [2.45, 2.75) is 49.7 Å². The molecular formula is C35H37N5O6S. The van der Waals surface area contributed by atoms with Gasteiger partial charge in [0.15, 0.2) is 5.54 Å². The Hall–Kier alpha value is -4.70. The van der Waals surface area contributed by atoms with Gasteiger partial charge < -0.3 is 19.2 Å². The van der Waals surface area contributed by atoms with Crippen LogP contribution in [-0.4, -0.2) is 51.5 Å². The van der Waals surface area contributed by atoms with E-state index in [9.17, 15) is 13.7 Å². The van der Waals surface area contributed by atoms with Gasteiger partial charge in [-0.3, -0.25) is 9.69 Å². The molecule has 0 spiro atoms. The predicted octanol–water partition coefficient (Wildman–Crippen LogP) is 5.13. The van der Waals surface area contributed by atoms with Crippen molar-refractivity contribution in [1.82, 2.24) is 15.2 Å². The summed E-state index contributed by atoms with van der Waals surface area (Å²) in [7, 11) is -1.44. The SMILES string of the molecule is COc1ccc(S(=O)(=O)N2C(=O)C(c3cc(CNCC(C)C)ccc3OC)(N3CCCC3c3ncco3)c3cc(C#N)ccc32)cc1. The monoisotopic (exact) mass is 655 g/mol. The lowest BCUT2D eigenvalue weighted by Crippen LogP contribution is -2.54. The van der Waals surface area contributed by atoms with Crippen molar-refractivity contribution in [3.8, 4) is 17.6 Å². The maximum Gasteiger partial charge on any atom is 0.271 e. The Labute approximate surface area is 274 Å². The lowest BCUT2D eigenvalue weighted by molar-refractivity contribution is -0.127. The van der Waals surface area contributed by atoms with Crippen molar-refractivity contribution in [3.63, 3.8) is 0 Å². The van der Waals surface area contributed by atoms with Crippen LogP contribution < -0.4 is 19.1 Å². The molecule has 0 saturated carbocycles. The molecule has 3 aromatic carbocycles. The average molecular weight is 656 g/mol. The number of nitrogens with one attached hydrogen (secondary N) is 1. The summed E-state index contributed by atoms with van der Waals surface area (Å²) in [5.74, 6) is 1.01. The summed E-state index contributed by atoms with van der Waals surface area (Å²) >= 11 is 0. The molecule has 2 aliphatic heterocycles. The number of hydrogen-bond acceptors (Lipinski definition) is 10. The number of likely N-dealkylation sites (tertiary alicyclic amines) is 1. The van der Waals surface area contributed by atoms with Crippen LogP contribution in [0, 0.1) is 17.2 Å². The molecule has 6 rings (SSSR count). The summed E-state index contributed by atoms with van der Waals surface area (Å²) < 4.78 is 46.9. The highest BCUT2D eigenvalue weighted by atomic mass is 32.2. The minimum absolute atomic E-state index is 0.0814. The molecule has 4 aromatic rings. The zero-order valence-electron chi connectivity index (χ0n) is 26.8. The van der Waals surface area contributed by atoms with E-state index in [1.807, 2.05) is 17.0 Å². The van der Waals surface area contributed by atoms with Crippen LogP contribution in [-0.2, 0) is 26.9 Å². The van der Waals surface area contributed by atoms with E-state index in [0.717, 1.165) is 16.4 Å². The maximum absolute atomic E-state index is 15.5. The summed E-state index contributed by atoms with van der Waals surface area (Å²) in [6.45, 7) is 5.96. The number of sulfonamides is 1. The largest absolute Gasteiger partial charge is 0.497 e. The van der Waals surface area contributed by atoms with E-state index in [4.69, 9.17) is 13.9 Å². The van der Waals surface area contributed by atoms with Gasteiger partial charge in [-0.15, -0.1) is 0 Å². The van der Waals surface area contributed by atoms with Crippen LogP contribution in [0.4, 0.5) is 5.69 Å². The second kappa shape index (κ2) is 12.8. The highest BCUT2D eigenvalue weighted by Crippen LogP contribution is 2.56. The van der Waals surface area contributed by atoms with E-state index in [1.165, 1.54) is 56.9 Å². The number of methoxy groups -OCH3 is 2. The maximum atomic E-state index is 15.5. The lowest BCUT2D eigenvalue weighted by atomic mass is 9.79. The average Bonchev–Trinajstić information content (AvgIpc) is 3.83. The molecule has 244 valence electrons. The van der Waals surface area contributed by atoms with Crippen LogP contribution in [0.25, 0.3) is 0 Å². The van der Waals surface area contributed by atoms with Crippen molar-refractivity contribution in [2.24, 2.45) is 5.92 Å². The van der Waals surface area contributed by atoms with Crippen LogP contribution in [0.1, 0.15) is 60.9 Å². The fraction of sp³-hybridized carbons (Fsp3) is 0.343. The molecule has 1 aromatic heterocycles. The number of rotatable bonds is 11. The van der Waals surface area contributed by atoms with Crippen molar-refractivity contribution in [2.75, 3.05) is 31.6 Å². The Kier molecular flexibility index (Phi) is 8.80. The fourth-order valence-corrected chi connectivity index (χ4v) is 8.16. The number of oxazole rings is 1. The van der Waals surface area contributed by atoms with E-state index in [-0.39, 0.29) is 16.1 Å². The number of benzene rings is 3. The van der Waals surface area contributed by atoms with Gasteiger partial charge in [-0.2, -0.15) is 5.26 Å². The smallest absolute Gasteiger partial charge is 0.271 e. The summed E-state index contributed by atoms with van der Waals surface area (Å²) in [6, 6.07) is 17.9. The van der Waals surface area contributed by atoms with Crippen molar-refractivity contribution >= 4 is 21.6 Å². The number of amides is 1. The molecule has 2 atom stereocenters. The standard InChI is InChI=1S/C35H37N5O6S/c1-23(2)21-37-22-25-8-14-32(45-4)29(19-25)35(39-16-5-6-31(39)33-38-15-17-46-33)28-18-24(20-36)7-13-30(28)40(34(35)41)47(42,43)27-11-9-26(44-3)10-12-27/h7-15,17-19,23,31,37H,5-6,16,21-22H2,1-4H3. The number of carbonyl (C=O) groups is 1. The molecule has 1 fully saturated rings. The van der Waals surface area contributed by atoms with Crippen LogP contribution in [0.5, 0.6) is 11.5 Å². The molecular weight excluding hydrogens is 618 g/mol. The second-order valence-electron chi connectivity index (χ2n) is 12.1. The van der Waals surface area contributed by atoms with Gasteiger partial charge in [0.1, 0.15) is 17.8 Å². The second-order valence-corrected chi connectivity index (χ2v) is 13.9. The molecule has 0 bridgehead atoms. The van der Waals surface area contributed by atoms with E-state index < -0.39 is 27.5 Å². The van der Waals surface area contributed by atoms with Gasteiger partial charge in [0, 0.05) is 24.2 Å². The number of ether oxygens (including phenoxy) is 2. The third kappa shape index (κ3) is 5.44. The zero-order valence-corrected chi connectivity index (χ0v) is 27.6. The molecule has 1 amide bonds. The molecule has 12 heteroatoms. The number of hydrogen-bond donors (Lipinski definition) is 1. The van der Waals surface area contributed by atoms with Gasteiger partial charge in [0.05, 0.1) is 48.7 Å². The molecule has 47 heavy (non-hydrogen) atoms. The van der Waals surface area contributed by atoms with Crippen LogP contribution in [0.3, 0.4) is 0 Å². The van der Waals surface area contributed by atoms with Gasteiger partial charge in [-0.25, -0.2) is 17.7 Å². The van der Waals surface area contributed by atoms with Crippen LogP contribution in [0.2, 0.25) is 0 Å². The summed E-state index contributed by atoms with van der Waals surface area (Å²) in [4.78, 5) is 21.8. The van der Waals surface area contributed by atoms with Crippen molar-refractivity contribution in [1.29, 1.82) is 5.26 Å². The molecule has 11 nitrogen and oxygen atoms in total. The van der Waals surface area contributed by atoms with Crippen LogP contribution in [0.15, 0.2) is 82.4 Å². The number of aromatic nitrogens is 1. The van der Waals surface area contributed by atoms with Gasteiger partial charge in [0.25, 0.3) is 15.9 Å². The van der Waals surface area contributed by atoms with E-state index in [2.05, 4.69) is 30.2 Å². The summed E-state index contributed by atoms with van der Waals surface area (Å²) in [6.07, 6.45) is 4.35. The molecule has 0 radical (unpaired) electrons. The Morgan fingerprint density at radius 2 is 1.87 bits per heavy atom. The Bertz CT molecular complexity index is 1920. The summed E-state index contributed by atoms with van der Waals surface area (Å²) in [5.41, 5.74) is 0.434. The van der Waals surface area contributed by atoms with Crippen molar-refractivity contribution < 1.29 is 27.1 Å². The highest BCUT2D eigenvalue weighted by Gasteiger charge is 2.62. The first-order valence-electron chi connectivity index (χ1n) is 15.5. The first kappa shape index (κ1) is 32.2. The van der Waals surface area contributed by atoms with E-state index >= 15 is 4.79 Å². The Morgan fingerprint density at radius 3 is 2.53 bits per heavy atom. The third-order valence-electron chi connectivity index (χ3n) is 8.78. The zero-order chi connectivity index (χ0) is 33.3. The molecule has 1 saturated heterocycles. The number of nitrogens with zero attached hydrogens (tertiary/aromatic N) is 4. The minimum atomic E-state index is -4.45. The normalized spacial score (nSPS) is 19.6. The van der Waals surface area contributed by atoms with E-state index in [1.54, 1.807) is 18.3 Å².